The van der Waals surface area contributed by atoms with Crippen LogP contribution in [0.4, 0.5) is 0 Å². The number of carbonyl (C=O) groups is 1. The van der Waals surface area contributed by atoms with Crippen LogP contribution in [-0.4, -0.2) is 56.0 Å². The lowest BCUT2D eigenvalue weighted by Crippen LogP contribution is -2.56. The van der Waals surface area contributed by atoms with Crippen molar-refractivity contribution in [2.75, 3.05) is 13.2 Å². The lowest BCUT2D eigenvalue weighted by Gasteiger charge is -2.48. The summed E-state index contributed by atoms with van der Waals surface area (Å²) < 4.78 is 37.3. The van der Waals surface area contributed by atoms with E-state index < -0.39 is 0 Å². The summed E-state index contributed by atoms with van der Waals surface area (Å²) in [5, 5.41) is 0. The predicted octanol–water partition coefficient (Wildman–Crippen LogP) is 5.40. The van der Waals surface area contributed by atoms with E-state index in [9.17, 15) is 4.79 Å². The Labute approximate surface area is 225 Å². The van der Waals surface area contributed by atoms with E-state index in [1.165, 1.54) is 0 Å². The van der Waals surface area contributed by atoms with Gasteiger partial charge in [-0.05, 0) is 30.9 Å². The minimum absolute atomic E-state index is 0.0613. The fourth-order valence-electron chi connectivity index (χ4n) is 5.84. The number of rotatable bonds is 6. The third kappa shape index (κ3) is 5.68. The molecule has 0 radical (unpaired) electrons. The summed E-state index contributed by atoms with van der Waals surface area (Å²) in [5.74, 6) is 0.302. The summed E-state index contributed by atoms with van der Waals surface area (Å²) in [4.78, 5) is 12.7. The molecule has 7 nitrogen and oxygen atoms in total. The molecule has 3 heterocycles. The van der Waals surface area contributed by atoms with Crippen LogP contribution in [0.5, 0.6) is 0 Å². The van der Waals surface area contributed by atoms with Gasteiger partial charge < -0.3 is 28.4 Å². The van der Waals surface area contributed by atoms with Crippen molar-refractivity contribution in [1.29, 1.82) is 0 Å². The molecule has 11 atom stereocenters. The number of benzene rings is 2. The second-order valence-electron chi connectivity index (χ2n) is 11.1. The summed E-state index contributed by atoms with van der Waals surface area (Å²) in [6.45, 7) is 11.4. The molecular weight excluding hydrogens is 484 g/mol. The summed E-state index contributed by atoms with van der Waals surface area (Å²) in [6.07, 6.45) is -1.70. The maximum absolute atomic E-state index is 12.7. The molecule has 3 saturated heterocycles. The number of hydrogen-bond donors (Lipinski definition) is 0. The number of carbonyl (C=O) groups excluding carboxylic acids is 1. The summed E-state index contributed by atoms with van der Waals surface area (Å²) in [5.41, 5.74) is 1.57. The van der Waals surface area contributed by atoms with Crippen LogP contribution in [-0.2, 0) is 28.4 Å². The molecule has 3 aliphatic heterocycles. The van der Waals surface area contributed by atoms with Gasteiger partial charge in [0.05, 0.1) is 37.1 Å². The maximum Gasteiger partial charge on any atom is 0.338 e. The molecule has 0 saturated carbocycles. The van der Waals surface area contributed by atoms with Crippen molar-refractivity contribution in [3.63, 3.8) is 0 Å². The second-order valence-corrected chi connectivity index (χ2v) is 11.1. The quantitative estimate of drug-likeness (QED) is 0.469. The minimum atomic E-state index is -0.378. The Morgan fingerprint density at radius 2 is 1.50 bits per heavy atom. The smallest absolute Gasteiger partial charge is 0.338 e. The molecule has 0 aliphatic carbocycles. The number of hydrogen-bond acceptors (Lipinski definition) is 7. The second kappa shape index (κ2) is 11.8. The Hall–Kier alpha value is -2.29. The van der Waals surface area contributed by atoms with E-state index in [1.54, 1.807) is 12.1 Å². The highest BCUT2D eigenvalue weighted by Gasteiger charge is 2.48. The van der Waals surface area contributed by atoms with Gasteiger partial charge in [0.2, 0.25) is 0 Å². The third-order valence-corrected chi connectivity index (χ3v) is 8.68. The Kier molecular flexibility index (Phi) is 8.50. The number of esters is 1. The van der Waals surface area contributed by atoms with Crippen LogP contribution >= 0.6 is 0 Å². The van der Waals surface area contributed by atoms with Gasteiger partial charge in [-0.25, -0.2) is 4.79 Å². The van der Waals surface area contributed by atoms with E-state index in [2.05, 4.69) is 27.7 Å². The van der Waals surface area contributed by atoms with Gasteiger partial charge in [0, 0.05) is 17.4 Å². The van der Waals surface area contributed by atoms with E-state index in [0.717, 1.165) is 5.56 Å². The monoisotopic (exact) mass is 524 g/mol. The number of ether oxygens (including phenoxy) is 6. The molecule has 2 aromatic carbocycles. The molecule has 0 aromatic heterocycles. The summed E-state index contributed by atoms with van der Waals surface area (Å²) in [6, 6.07) is 19.1. The van der Waals surface area contributed by atoms with Crippen molar-refractivity contribution in [3.8, 4) is 0 Å². The van der Waals surface area contributed by atoms with E-state index >= 15 is 0 Å². The molecule has 0 spiro atoms. The highest BCUT2D eigenvalue weighted by Crippen LogP contribution is 2.40. The van der Waals surface area contributed by atoms with Crippen molar-refractivity contribution in [3.05, 3.63) is 71.8 Å². The molecule has 206 valence electrons. The fraction of sp³-hybridized carbons (Fsp3) is 0.581. The predicted molar refractivity (Wildman–Crippen MR) is 141 cm³/mol. The largest absolute Gasteiger partial charge is 0.456 e. The van der Waals surface area contributed by atoms with Gasteiger partial charge in [0.1, 0.15) is 12.2 Å². The third-order valence-electron chi connectivity index (χ3n) is 8.68. The normalized spacial score (nSPS) is 39.2. The van der Waals surface area contributed by atoms with Crippen LogP contribution in [0.3, 0.4) is 0 Å². The summed E-state index contributed by atoms with van der Waals surface area (Å²) in [7, 11) is 0. The first kappa shape index (κ1) is 27.3. The zero-order valence-electron chi connectivity index (χ0n) is 22.9. The van der Waals surface area contributed by atoms with Gasteiger partial charge in [-0.1, -0.05) is 76.2 Å². The molecule has 7 heteroatoms. The average Bonchev–Trinajstić information content (AvgIpc) is 2.95. The highest BCUT2D eigenvalue weighted by atomic mass is 16.7. The molecule has 0 bridgehead atoms. The molecule has 5 rings (SSSR count). The fourth-order valence-corrected chi connectivity index (χ4v) is 5.84. The Bertz CT molecular complexity index is 1040. The van der Waals surface area contributed by atoms with Crippen LogP contribution in [0.1, 0.15) is 56.8 Å². The molecule has 3 aliphatic rings. The zero-order chi connectivity index (χ0) is 26.8. The first-order chi connectivity index (χ1) is 18.3. The molecule has 2 aromatic rings. The SMILES string of the molecule is CC1OC(COC2OC3COC(c4ccccc4)OC3C(C)C2C)C(C)C(C)C1OC(=O)c1ccccc1. The molecule has 3 fully saturated rings. The van der Waals surface area contributed by atoms with Crippen LogP contribution in [0.2, 0.25) is 0 Å². The minimum Gasteiger partial charge on any atom is -0.456 e. The van der Waals surface area contributed by atoms with E-state index in [1.807, 2.05) is 55.5 Å². The van der Waals surface area contributed by atoms with Crippen molar-refractivity contribution < 1.29 is 33.2 Å². The van der Waals surface area contributed by atoms with Gasteiger partial charge in [0.15, 0.2) is 12.6 Å². The topological polar surface area (TPSA) is 72.5 Å². The highest BCUT2D eigenvalue weighted by molar-refractivity contribution is 5.89. The van der Waals surface area contributed by atoms with E-state index in [4.69, 9.17) is 28.4 Å². The Morgan fingerprint density at radius 1 is 0.816 bits per heavy atom. The lowest BCUT2D eigenvalue weighted by atomic mass is 9.81. The van der Waals surface area contributed by atoms with E-state index in [-0.39, 0.29) is 72.7 Å². The van der Waals surface area contributed by atoms with Crippen LogP contribution < -0.4 is 0 Å². The maximum atomic E-state index is 12.7. The van der Waals surface area contributed by atoms with E-state index in [0.29, 0.717) is 18.8 Å². The zero-order valence-corrected chi connectivity index (χ0v) is 22.9. The molecule has 0 N–H and O–H groups in total. The van der Waals surface area contributed by atoms with Gasteiger partial charge in [-0.2, -0.15) is 0 Å². The van der Waals surface area contributed by atoms with Crippen molar-refractivity contribution in [2.45, 2.75) is 77.7 Å². The first-order valence-corrected chi connectivity index (χ1v) is 13.8. The van der Waals surface area contributed by atoms with Crippen LogP contribution in [0, 0.1) is 23.7 Å². The average molecular weight is 525 g/mol. The number of fused-ring (bicyclic) bond motifs is 1. The summed E-state index contributed by atoms with van der Waals surface area (Å²) >= 11 is 0. The van der Waals surface area contributed by atoms with Gasteiger partial charge in [-0.15, -0.1) is 0 Å². The Morgan fingerprint density at radius 3 is 2.21 bits per heavy atom. The van der Waals surface area contributed by atoms with Gasteiger partial charge in [0.25, 0.3) is 0 Å². The van der Waals surface area contributed by atoms with Crippen molar-refractivity contribution in [1.82, 2.24) is 0 Å². The van der Waals surface area contributed by atoms with Crippen molar-refractivity contribution >= 4 is 5.97 Å². The lowest BCUT2D eigenvalue weighted by molar-refractivity contribution is -0.346. The van der Waals surface area contributed by atoms with Gasteiger partial charge in [-0.3, -0.25) is 0 Å². The Balaban J connectivity index is 1.15. The molecule has 38 heavy (non-hydrogen) atoms. The van der Waals surface area contributed by atoms with Crippen LogP contribution in [0.15, 0.2) is 60.7 Å². The standard InChI is InChI=1S/C31H40O7/c1-18-19(2)27(37-29(32)23-12-8-6-9-13-23)22(5)35-25(18)16-33-30-21(4)20(3)28-26(36-30)17-34-31(38-28)24-14-10-7-11-15-24/h6-15,18-22,25-28,30-31H,16-17H2,1-5H3. The molecule has 11 unspecified atom stereocenters. The molecule has 0 amide bonds. The first-order valence-electron chi connectivity index (χ1n) is 13.8. The van der Waals surface area contributed by atoms with Crippen molar-refractivity contribution in [2.24, 2.45) is 23.7 Å². The van der Waals surface area contributed by atoms with Crippen LogP contribution in [0.25, 0.3) is 0 Å². The van der Waals surface area contributed by atoms with Gasteiger partial charge >= 0.3 is 5.97 Å². The molecular formula is C31H40O7.